The molecule has 0 aromatic carbocycles. The van der Waals surface area contributed by atoms with E-state index < -0.39 is 0 Å². The highest BCUT2D eigenvalue weighted by molar-refractivity contribution is 5.90. The normalized spacial score (nSPS) is 16.0. The Morgan fingerprint density at radius 1 is 1.28 bits per heavy atom. The molecule has 18 heavy (non-hydrogen) atoms. The number of aromatic amines is 1. The maximum Gasteiger partial charge on any atom is 0.230 e. The fraction of sp³-hybridized carbons (Fsp3) is 0.308. The summed E-state index contributed by atoms with van der Waals surface area (Å²) in [5.74, 6) is 1.90. The smallest absolute Gasteiger partial charge is 0.230 e. The van der Waals surface area contributed by atoms with Gasteiger partial charge >= 0.3 is 0 Å². The van der Waals surface area contributed by atoms with Crippen molar-refractivity contribution >= 4 is 11.0 Å². The number of aromatic nitrogens is 4. The van der Waals surface area contributed by atoms with Crippen LogP contribution in [-0.4, -0.2) is 20.1 Å². The number of H-pyrrole nitrogens is 1. The summed E-state index contributed by atoms with van der Waals surface area (Å²) in [6.45, 7) is 0. The molecular formula is C13H12N4O. The summed E-state index contributed by atoms with van der Waals surface area (Å²) in [4.78, 5) is 11.9. The van der Waals surface area contributed by atoms with Crippen molar-refractivity contribution in [3.05, 3.63) is 30.4 Å². The molecule has 5 nitrogen and oxygen atoms in total. The van der Waals surface area contributed by atoms with E-state index in [1.54, 1.807) is 6.20 Å². The van der Waals surface area contributed by atoms with Crippen LogP contribution < -0.4 is 0 Å². The Hall–Kier alpha value is -2.17. The van der Waals surface area contributed by atoms with E-state index >= 15 is 0 Å². The largest absolute Gasteiger partial charge is 0.346 e. The number of nitrogens with zero attached hydrogens (tertiary/aromatic N) is 3. The van der Waals surface area contributed by atoms with E-state index in [2.05, 4.69) is 20.1 Å². The monoisotopic (exact) mass is 240 g/mol. The molecule has 0 saturated heterocycles. The zero-order valence-corrected chi connectivity index (χ0v) is 9.76. The maximum atomic E-state index is 5.36. The van der Waals surface area contributed by atoms with Crippen LogP contribution in [-0.2, 0) is 0 Å². The molecule has 0 aliphatic heterocycles. The molecule has 0 atom stereocenters. The minimum absolute atomic E-state index is 0.467. The first kappa shape index (κ1) is 9.82. The molecule has 4 rings (SSSR count). The predicted molar refractivity (Wildman–Crippen MR) is 66.0 cm³/mol. The molecule has 0 unspecified atom stereocenters. The third-order valence-electron chi connectivity index (χ3n) is 3.60. The standard InChI is InChI=1S/C13H12N4O/c1-2-8(3-1)13-16-12(17-18-13)10-5-7-15-11-9(10)4-6-14-11/h4-8H,1-3H2,(H,14,15). The van der Waals surface area contributed by atoms with Gasteiger partial charge in [0.25, 0.3) is 0 Å². The Morgan fingerprint density at radius 2 is 2.22 bits per heavy atom. The van der Waals surface area contributed by atoms with Crippen molar-refractivity contribution < 1.29 is 4.52 Å². The minimum Gasteiger partial charge on any atom is -0.346 e. The molecule has 1 aliphatic carbocycles. The molecule has 0 bridgehead atoms. The number of rotatable bonds is 2. The summed E-state index contributed by atoms with van der Waals surface area (Å²) in [5.41, 5.74) is 1.82. The molecule has 1 fully saturated rings. The third kappa shape index (κ3) is 1.37. The van der Waals surface area contributed by atoms with Crippen LogP contribution in [0.1, 0.15) is 31.1 Å². The zero-order valence-electron chi connectivity index (χ0n) is 9.76. The van der Waals surface area contributed by atoms with E-state index in [1.165, 1.54) is 6.42 Å². The molecule has 1 N–H and O–H groups in total. The average Bonchev–Trinajstić information content (AvgIpc) is 2.93. The SMILES string of the molecule is c1cc(-c2noc(C3CCC3)n2)c2cc[nH]c2n1. The first-order chi connectivity index (χ1) is 8.92. The van der Waals surface area contributed by atoms with Gasteiger partial charge in [-0.2, -0.15) is 4.98 Å². The summed E-state index contributed by atoms with van der Waals surface area (Å²) >= 11 is 0. The topological polar surface area (TPSA) is 67.6 Å². The Bertz CT molecular complexity index is 696. The molecule has 0 spiro atoms. The van der Waals surface area contributed by atoms with Gasteiger partial charge in [0.1, 0.15) is 5.65 Å². The molecule has 1 saturated carbocycles. The van der Waals surface area contributed by atoms with Crippen LogP contribution in [0.15, 0.2) is 29.0 Å². The minimum atomic E-state index is 0.467. The Morgan fingerprint density at radius 3 is 3.06 bits per heavy atom. The van der Waals surface area contributed by atoms with Crippen LogP contribution in [0.25, 0.3) is 22.4 Å². The van der Waals surface area contributed by atoms with Crippen LogP contribution in [0.3, 0.4) is 0 Å². The molecule has 0 amide bonds. The van der Waals surface area contributed by atoms with Gasteiger partial charge in [-0.25, -0.2) is 4.98 Å². The summed E-state index contributed by atoms with van der Waals surface area (Å²) in [7, 11) is 0. The highest BCUT2D eigenvalue weighted by atomic mass is 16.5. The van der Waals surface area contributed by atoms with E-state index in [9.17, 15) is 0 Å². The molecule has 3 aromatic rings. The van der Waals surface area contributed by atoms with Crippen molar-refractivity contribution in [2.24, 2.45) is 0 Å². The van der Waals surface area contributed by atoms with Crippen molar-refractivity contribution in [1.82, 2.24) is 20.1 Å². The number of fused-ring (bicyclic) bond motifs is 1. The summed E-state index contributed by atoms with van der Waals surface area (Å²) in [6.07, 6.45) is 7.22. The molecule has 3 heterocycles. The summed E-state index contributed by atoms with van der Waals surface area (Å²) < 4.78 is 5.36. The van der Waals surface area contributed by atoms with Gasteiger partial charge in [0, 0.05) is 29.3 Å². The second-order valence-corrected chi connectivity index (χ2v) is 4.68. The van der Waals surface area contributed by atoms with Gasteiger partial charge in [0.05, 0.1) is 0 Å². The van der Waals surface area contributed by atoms with Crippen LogP contribution in [0, 0.1) is 0 Å². The van der Waals surface area contributed by atoms with Gasteiger partial charge in [0.2, 0.25) is 11.7 Å². The zero-order chi connectivity index (χ0) is 11.9. The first-order valence-corrected chi connectivity index (χ1v) is 6.18. The van der Waals surface area contributed by atoms with Gasteiger partial charge in [0.15, 0.2) is 0 Å². The molecule has 0 radical (unpaired) electrons. The summed E-state index contributed by atoms with van der Waals surface area (Å²) in [5, 5.41) is 5.12. The second kappa shape index (κ2) is 3.66. The van der Waals surface area contributed by atoms with Crippen LogP contribution in [0.5, 0.6) is 0 Å². The number of nitrogens with one attached hydrogen (secondary N) is 1. The van der Waals surface area contributed by atoms with Crippen LogP contribution >= 0.6 is 0 Å². The Labute approximate surface area is 103 Å². The molecular weight excluding hydrogens is 228 g/mol. The Balaban J connectivity index is 1.81. The lowest BCUT2D eigenvalue weighted by Crippen LogP contribution is -2.08. The number of pyridine rings is 1. The van der Waals surface area contributed by atoms with Gasteiger partial charge in [-0.3, -0.25) is 0 Å². The molecule has 5 heteroatoms. The van der Waals surface area contributed by atoms with Crippen molar-refractivity contribution in [2.75, 3.05) is 0 Å². The Kier molecular flexibility index (Phi) is 2.00. The molecule has 90 valence electrons. The summed E-state index contributed by atoms with van der Waals surface area (Å²) in [6, 6.07) is 3.91. The predicted octanol–water partition coefficient (Wildman–Crippen LogP) is 2.88. The first-order valence-electron chi connectivity index (χ1n) is 6.18. The van der Waals surface area contributed by atoms with Gasteiger partial charge in [-0.1, -0.05) is 11.6 Å². The number of hydrogen-bond acceptors (Lipinski definition) is 4. The second-order valence-electron chi connectivity index (χ2n) is 4.68. The lowest BCUT2D eigenvalue weighted by atomic mass is 9.85. The maximum absolute atomic E-state index is 5.36. The van der Waals surface area contributed by atoms with Crippen molar-refractivity contribution in [3.8, 4) is 11.4 Å². The molecule has 3 aromatic heterocycles. The lowest BCUT2D eigenvalue weighted by Gasteiger charge is -2.20. The van der Waals surface area contributed by atoms with Gasteiger partial charge in [-0.05, 0) is 25.0 Å². The van der Waals surface area contributed by atoms with Crippen LogP contribution in [0.2, 0.25) is 0 Å². The van der Waals surface area contributed by atoms with Gasteiger partial charge < -0.3 is 9.51 Å². The van der Waals surface area contributed by atoms with E-state index in [0.717, 1.165) is 35.3 Å². The fourth-order valence-electron chi connectivity index (χ4n) is 2.32. The highest BCUT2D eigenvalue weighted by Gasteiger charge is 2.25. The third-order valence-corrected chi connectivity index (χ3v) is 3.60. The molecule has 1 aliphatic rings. The van der Waals surface area contributed by atoms with Gasteiger partial charge in [-0.15, -0.1) is 0 Å². The van der Waals surface area contributed by atoms with Crippen molar-refractivity contribution in [1.29, 1.82) is 0 Å². The highest BCUT2D eigenvalue weighted by Crippen LogP contribution is 2.36. The van der Waals surface area contributed by atoms with Crippen molar-refractivity contribution in [2.45, 2.75) is 25.2 Å². The van der Waals surface area contributed by atoms with E-state index in [1.807, 2.05) is 18.3 Å². The van der Waals surface area contributed by atoms with Crippen molar-refractivity contribution in [3.63, 3.8) is 0 Å². The van der Waals surface area contributed by atoms with E-state index in [0.29, 0.717) is 11.7 Å². The van der Waals surface area contributed by atoms with Crippen LogP contribution in [0.4, 0.5) is 0 Å². The van der Waals surface area contributed by atoms with E-state index in [-0.39, 0.29) is 0 Å². The fourth-order valence-corrected chi connectivity index (χ4v) is 2.32. The average molecular weight is 240 g/mol. The quantitative estimate of drug-likeness (QED) is 0.747. The lowest BCUT2D eigenvalue weighted by molar-refractivity contribution is 0.292. The van der Waals surface area contributed by atoms with E-state index in [4.69, 9.17) is 4.52 Å². The number of hydrogen-bond donors (Lipinski definition) is 1.